The molecule has 0 spiro atoms. The van der Waals surface area contributed by atoms with Gasteiger partial charge in [0.2, 0.25) is 5.91 Å². The predicted molar refractivity (Wildman–Crippen MR) is 64.8 cm³/mol. The Labute approximate surface area is 99.6 Å². The van der Waals surface area contributed by atoms with Crippen molar-refractivity contribution in [3.05, 3.63) is 29.8 Å². The van der Waals surface area contributed by atoms with Gasteiger partial charge >= 0.3 is 5.97 Å². The number of nitrogens with two attached hydrogens (primary N) is 1. The molecule has 1 amide bonds. The van der Waals surface area contributed by atoms with Crippen LogP contribution in [-0.2, 0) is 4.79 Å². The Bertz CT molecular complexity index is 430. The predicted octanol–water partition coefficient (Wildman–Crippen LogP) is 1.31. The van der Waals surface area contributed by atoms with E-state index in [4.69, 9.17) is 10.8 Å². The first kappa shape index (κ1) is 13.2. The van der Waals surface area contributed by atoms with E-state index in [2.05, 4.69) is 5.32 Å². The topological polar surface area (TPSA) is 92.4 Å². The Balaban J connectivity index is 2.78. The van der Waals surface area contributed by atoms with Crippen molar-refractivity contribution in [3.63, 3.8) is 0 Å². The van der Waals surface area contributed by atoms with Crippen molar-refractivity contribution in [1.82, 2.24) is 0 Å². The highest BCUT2D eigenvalue weighted by molar-refractivity contribution is 5.95. The minimum absolute atomic E-state index is 0.135. The third-order valence-electron chi connectivity index (χ3n) is 2.58. The van der Waals surface area contributed by atoms with Crippen molar-refractivity contribution >= 4 is 17.6 Å². The summed E-state index contributed by atoms with van der Waals surface area (Å²) in [5, 5.41) is 11.4. The summed E-state index contributed by atoms with van der Waals surface area (Å²) >= 11 is 0. The first-order valence-corrected chi connectivity index (χ1v) is 5.31. The summed E-state index contributed by atoms with van der Waals surface area (Å²) < 4.78 is 0. The molecule has 0 saturated heterocycles. The van der Waals surface area contributed by atoms with E-state index in [9.17, 15) is 9.59 Å². The summed E-state index contributed by atoms with van der Waals surface area (Å²) in [6, 6.07) is 5.84. The van der Waals surface area contributed by atoms with Crippen LogP contribution in [0.5, 0.6) is 0 Å². The van der Waals surface area contributed by atoms with Crippen LogP contribution in [0.25, 0.3) is 0 Å². The van der Waals surface area contributed by atoms with E-state index < -0.39 is 5.97 Å². The van der Waals surface area contributed by atoms with Crippen molar-refractivity contribution in [2.75, 3.05) is 5.32 Å². The molecule has 5 nitrogen and oxygen atoms in total. The molecule has 17 heavy (non-hydrogen) atoms. The van der Waals surface area contributed by atoms with Gasteiger partial charge in [0, 0.05) is 11.7 Å². The average Bonchev–Trinajstić information content (AvgIpc) is 2.28. The number of carboxylic acids is 1. The monoisotopic (exact) mass is 236 g/mol. The zero-order valence-corrected chi connectivity index (χ0v) is 9.81. The molecule has 0 fully saturated rings. The lowest BCUT2D eigenvalue weighted by molar-refractivity contribution is -0.119. The van der Waals surface area contributed by atoms with Gasteiger partial charge in [0.05, 0.1) is 11.5 Å². The number of benzene rings is 1. The van der Waals surface area contributed by atoms with E-state index in [1.165, 1.54) is 12.1 Å². The Morgan fingerprint density at radius 2 is 2.00 bits per heavy atom. The Hall–Kier alpha value is -1.88. The second-order valence-electron chi connectivity index (χ2n) is 4.02. The third kappa shape index (κ3) is 3.57. The van der Waals surface area contributed by atoms with Gasteiger partial charge in [-0.05, 0) is 25.1 Å². The molecular formula is C12H16N2O3. The number of carbonyl (C=O) groups is 2. The first-order valence-electron chi connectivity index (χ1n) is 5.31. The van der Waals surface area contributed by atoms with Crippen molar-refractivity contribution < 1.29 is 14.7 Å². The molecule has 1 rings (SSSR count). The molecule has 0 aliphatic rings. The van der Waals surface area contributed by atoms with Gasteiger partial charge in [-0.1, -0.05) is 13.0 Å². The van der Waals surface area contributed by atoms with Gasteiger partial charge in [0.25, 0.3) is 0 Å². The van der Waals surface area contributed by atoms with Crippen molar-refractivity contribution in [2.45, 2.75) is 19.9 Å². The molecule has 0 aliphatic heterocycles. The zero-order chi connectivity index (χ0) is 13.0. The zero-order valence-electron chi connectivity index (χ0n) is 9.81. The van der Waals surface area contributed by atoms with Crippen LogP contribution in [0.3, 0.4) is 0 Å². The maximum absolute atomic E-state index is 11.7. The second kappa shape index (κ2) is 5.45. The molecule has 92 valence electrons. The molecule has 0 saturated carbocycles. The van der Waals surface area contributed by atoms with Gasteiger partial charge in [-0.3, -0.25) is 4.79 Å². The molecular weight excluding hydrogens is 220 g/mol. The second-order valence-corrected chi connectivity index (χ2v) is 4.02. The normalized spacial score (nSPS) is 13.8. The highest BCUT2D eigenvalue weighted by Gasteiger charge is 2.17. The van der Waals surface area contributed by atoms with E-state index in [-0.39, 0.29) is 23.4 Å². The van der Waals surface area contributed by atoms with Crippen LogP contribution in [0.1, 0.15) is 24.2 Å². The van der Waals surface area contributed by atoms with Gasteiger partial charge < -0.3 is 16.2 Å². The van der Waals surface area contributed by atoms with E-state index in [1.807, 2.05) is 0 Å². The maximum Gasteiger partial charge on any atom is 0.335 e. The fraction of sp³-hybridized carbons (Fsp3) is 0.333. The standard InChI is InChI=1S/C12H16N2O3/c1-7(8(2)13)11(15)14-10-5-3-4-9(6-10)12(16)17/h3-8H,13H2,1-2H3,(H,14,15)(H,16,17). The third-order valence-corrected chi connectivity index (χ3v) is 2.58. The SMILES string of the molecule is CC(N)C(C)C(=O)Nc1cccc(C(=O)O)c1. The lowest BCUT2D eigenvalue weighted by atomic mass is 10.0. The minimum atomic E-state index is -1.03. The number of carboxylic acid groups (broad SMARTS) is 1. The fourth-order valence-electron chi connectivity index (χ4n) is 1.22. The molecule has 4 N–H and O–H groups in total. The van der Waals surface area contributed by atoms with Gasteiger partial charge in [0.1, 0.15) is 0 Å². The van der Waals surface area contributed by atoms with Gasteiger partial charge in [0.15, 0.2) is 0 Å². The van der Waals surface area contributed by atoms with Crippen molar-refractivity contribution in [3.8, 4) is 0 Å². The van der Waals surface area contributed by atoms with Crippen molar-refractivity contribution in [2.24, 2.45) is 11.7 Å². The molecule has 1 aromatic carbocycles. The van der Waals surface area contributed by atoms with Crippen LogP contribution < -0.4 is 11.1 Å². The molecule has 0 bridgehead atoms. The summed E-state index contributed by atoms with van der Waals surface area (Å²) in [6.45, 7) is 3.47. The van der Waals surface area contributed by atoms with Crippen LogP contribution in [0.2, 0.25) is 0 Å². The number of hydrogen-bond donors (Lipinski definition) is 3. The molecule has 0 heterocycles. The highest BCUT2D eigenvalue weighted by Crippen LogP contribution is 2.12. The van der Waals surface area contributed by atoms with E-state index >= 15 is 0 Å². The van der Waals surface area contributed by atoms with Gasteiger partial charge in [-0.2, -0.15) is 0 Å². The quantitative estimate of drug-likeness (QED) is 0.734. The number of rotatable bonds is 4. The Morgan fingerprint density at radius 1 is 1.35 bits per heavy atom. The van der Waals surface area contributed by atoms with E-state index in [0.717, 1.165) is 0 Å². The van der Waals surface area contributed by atoms with Crippen LogP contribution in [0, 0.1) is 5.92 Å². The maximum atomic E-state index is 11.7. The van der Waals surface area contributed by atoms with Crippen molar-refractivity contribution in [1.29, 1.82) is 0 Å². The fourth-order valence-corrected chi connectivity index (χ4v) is 1.22. The number of nitrogens with one attached hydrogen (secondary N) is 1. The summed E-state index contributed by atoms with van der Waals surface area (Å²) in [7, 11) is 0. The largest absolute Gasteiger partial charge is 0.478 e. The Kier molecular flexibility index (Phi) is 4.23. The summed E-state index contributed by atoms with van der Waals surface area (Å²) in [6.07, 6.45) is 0. The molecule has 0 radical (unpaired) electrons. The summed E-state index contributed by atoms with van der Waals surface area (Å²) in [5.41, 5.74) is 6.21. The van der Waals surface area contributed by atoms with E-state index in [1.54, 1.807) is 26.0 Å². The summed E-state index contributed by atoms with van der Waals surface area (Å²) in [4.78, 5) is 22.4. The first-order chi connectivity index (χ1) is 7.91. The van der Waals surface area contributed by atoms with Crippen LogP contribution >= 0.6 is 0 Å². The smallest absolute Gasteiger partial charge is 0.335 e. The van der Waals surface area contributed by atoms with Gasteiger partial charge in [-0.15, -0.1) is 0 Å². The van der Waals surface area contributed by atoms with Crippen LogP contribution in [0.15, 0.2) is 24.3 Å². The lowest BCUT2D eigenvalue weighted by Crippen LogP contribution is -2.34. The van der Waals surface area contributed by atoms with Gasteiger partial charge in [-0.25, -0.2) is 4.79 Å². The highest BCUT2D eigenvalue weighted by atomic mass is 16.4. The number of hydrogen-bond acceptors (Lipinski definition) is 3. The number of carbonyl (C=O) groups excluding carboxylic acids is 1. The van der Waals surface area contributed by atoms with E-state index in [0.29, 0.717) is 5.69 Å². The molecule has 2 atom stereocenters. The molecule has 1 aromatic rings. The number of anilines is 1. The molecule has 2 unspecified atom stereocenters. The average molecular weight is 236 g/mol. The lowest BCUT2D eigenvalue weighted by Gasteiger charge is -2.15. The summed E-state index contributed by atoms with van der Waals surface area (Å²) in [5.74, 6) is -1.58. The van der Waals surface area contributed by atoms with Crippen LogP contribution in [0.4, 0.5) is 5.69 Å². The van der Waals surface area contributed by atoms with Crippen LogP contribution in [-0.4, -0.2) is 23.0 Å². The number of aromatic carboxylic acids is 1. The minimum Gasteiger partial charge on any atom is -0.478 e. The molecule has 0 aromatic heterocycles. The number of amides is 1. The molecule has 0 aliphatic carbocycles. The Morgan fingerprint density at radius 3 is 2.53 bits per heavy atom. The molecule has 5 heteroatoms.